The minimum absolute atomic E-state index is 0.279. The Morgan fingerprint density at radius 1 is 1.67 bits per heavy atom. The second-order valence-electron chi connectivity index (χ2n) is 4.09. The summed E-state index contributed by atoms with van der Waals surface area (Å²) in [4.78, 5) is 17.9. The molecule has 15 heavy (non-hydrogen) atoms. The Hall–Kier alpha value is -0.880. The van der Waals surface area contributed by atoms with E-state index in [4.69, 9.17) is 15.0 Å². The first-order chi connectivity index (χ1) is 6.77. The van der Waals surface area contributed by atoms with E-state index in [1.54, 1.807) is 25.2 Å². The summed E-state index contributed by atoms with van der Waals surface area (Å²) in [7, 11) is -4.08. The lowest BCUT2D eigenvalue weighted by Crippen LogP contribution is -2.27. The summed E-state index contributed by atoms with van der Waals surface area (Å²) in [6.45, 7) is 3.53. The molecule has 0 heterocycles. The van der Waals surface area contributed by atoms with E-state index >= 15 is 0 Å². The molecular weight excluding hydrogens is 213 g/mol. The first kappa shape index (κ1) is 12.2. The van der Waals surface area contributed by atoms with Crippen molar-refractivity contribution in [1.29, 1.82) is 5.26 Å². The Kier molecular flexibility index (Phi) is 3.20. The first-order valence-electron chi connectivity index (χ1n) is 4.60. The Morgan fingerprint density at radius 3 is 2.73 bits per heavy atom. The number of nitriles is 1. The summed E-state index contributed by atoms with van der Waals surface area (Å²) in [5.41, 5.74) is 0.113. The van der Waals surface area contributed by atoms with Crippen LogP contribution in [0.4, 0.5) is 0 Å². The van der Waals surface area contributed by atoms with Crippen LogP contribution in [-0.4, -0.2) is 15.9 Å². The second-order valence-corrected chi connectivity index (χ2v) is 5.79. The molecule has 0 amide bonds. The third kappa shape index (κ3) is 3.04. The van der Waals surface area contributed by atoms with Crippen molar-refractivity contribution in [3.05, 3.63) is 23.8 Å². The topological polar surface area (TPSA) is 81.3 Å². The van der Waals surface area contributed by atoms with Gasteiger partial charge in [-0.2, -0.15) is 5.26 Å². The van der Waals surface area contributed by atoms with Crippen LogP contribution in [0.3, 0.4) is 0 Å². The molecule has 1 rings (SSSR count). The first-order valence-corrected chi connectivity index (χ1v) is 6.40. The summed E-state index contributed by atoms with van der Waals surface area (Å²) in [6, 6.07) is 2.10. The highest BCUT2D eigenvalue weighted by molar-refractivity contribution is 7.51. The SMILES string of the molecule is CC1=CC(CP(=O)(O)O)C(C)(C#N)C=C1. The maximum Gasteiger partial charge on any atom is 0.326 e. The summed E-state index contributed by atoms with van der Waals surface area (Å²) in [6.07, 6.45) is 4.99. The molecule has 82 valence electrons. The fourth-order valence-electron chi connectivity index (χ4n) is 1.59. The number of rotatable bonds is 2. The van der Waals surface area contributed by atoms with Crippen LogP contribution in [0.2, 0.25) is 0 Å². The van der Waals surface area contributed by atoms with Crippen LogP contribution < -0.4 is 0 Å². The fraction of sp³-hybridized carbons (Fsp3) is 0.500. The lowest BCUT2D eigenvalue weighted by molar-refractivity contribution is 0.345. The van der Waals surface area contributed by atoms with Crippen LogP contribution >= 0.6 is 7.60 Å². The van der Waals surface area contributed by atoms with E-state index in [1.165, 1.54) is 0 Å². The monoisotopic (exact) mass is 227 g/mol. The summed E-state index contributed by atoms with van der Waals surface area (Å²) in [5.74, 6) is -0.423. The highest BCUT2D eigenvalue weighted by atomic mass is 31.2. The molecule has 0 aromatic carbocycles. The lowest BCUT2D eigenvalue weighted by atomic mass is 9.75. The quantitative estimate of drug-likeness (QED) is 0.705. The molecule has 0 fully saturated rings. The van der Waals surface area contributed by atoms with Gasteiger partial charge >= 0.3 is 7.60 Å². The van der Waals surface area contributed by atoms with Crippen molar-refractivity contribution in [3.63, 3.8) is 0 Å². The predicted octanol–water partition coefficient (Wildman–Crippen LogP) is 1.83. The summed E-state index contributed by atoms with van der Waals surface area (Å²) >= 11 is 0. The van der Waals surface area contributed by atoms with E-state index < -0.39 is 18.9 Å². The van der Waals surface area contributed by atoms with Gasteiger partial charge in [-0.3, -0.25) is 4.57 Å². The van der Waals surface area contributed by atoms with E-state index in [-0.39, 0.29) is 6.16 Å². The molecule has 0 radical (unpaired) electrons. The maximum absolute atomic E-state index is 10.9. The molecular formula is C10H14NO3P. The molecule has 2 unspecified atom stereocenters. The van der Waals surface area contributed by atoms with Gasteiger partial charge in [0.25, 0.3) is 0 Å². The molecule has 4 nitrogen and oxygen atoms in total. The third-order valence-corrected chi connectivity index (χ3v) is 3.47. The summed E-state index contributed by atoms with van der Waals surface area (Å²) < 4.78 is 10.9. The Labute approximate surface area is 89.1 Å². The summed E-state index contributed by atoms with van der Waals surface area (Å²) in [5, 5.41) is 9.02. The Balaban J connectivity index is 2.99. The van der Waals surface area contributed by atoms with Gasteiger partial charge in [0.1, 0.15) is 0 Å². The van der Waals surface area contributed by atoms with Gasteiger partial charge in [0.05, 0.1) is 17.6 Å². The van der Waals surface area contributed by atoms with Gasteiger partial charge in [-0.05, 0) is 13.8 Å². The van der Waals surface area contributed by atoms with Gasteiger partial charge in [-0.1, -0.05) is 23.8 Å². The van der Waals surface area contributed by atoms with Crippen LogP contribution in [-0.2, 0) is 4.57 Å². The molecule has 5 heteroatoms. The molecule has 2 N–H and O–H groups in total. The zero-order chi connectivity index (χ0) is 11.7. The molecule has 2 atom stereocenters. The van der Waals surface area contributed by atoms with Crippen molar-refractivity contribution in [3.8, 4) is 6.07 Å². The molecule has 0 spiro atoms. The smallest absolute Gasteiger partial charge is 0.324 e. The molecule has 1 aliphatic rings. The van der Waals surface area contributed by atoms with Crippen molar-refractivity contribution < 1.29 is 14.4 Å². The van der Waals surface area contributed by atoms with Gasteiger partial charge in [0, 0.05) is 5.92 Å². The van der Waals surface area contributed by atoms with Crippen LogP contribution in [0.1, 0.15) is 13.8 Å². The molecule has 0 aromatic heterocycles. The largest absolute Gasteiger partial charge is 0.326 e. The highest BCUT2D eigenvalue weighted by Crippen LogP contribution is 2.45. The maximum atomic E-state index is 10.9. The number of hydrogen-bond acceptors (Lipinski definition) is 2. The molecule has 0 bridgehead atoms. The standard InChI is InChI=1S/C10H14NO3P/c1-8-3-4-10(2,7-11)9(5-8)6-15(12,13)14/h3-5,9H,6H2,1-2H3,(H2,12,13,14). The predicted molar refractivity (Wildman–Crippen MR) is 57.0 cm³/mol. The normalized spacial score (nSPS) is 30.9. The van der Waals surface area contributed by atoms with Gasteiger partial charge in [0.2, 0.25) is 0 Å². The van der Waals surface area contributed by atoms with Gasteiger partial charge in [-0.15, -0.1) is 0 Å². The lowest BCUT2D eigenvalue weighted by Gasteiger charge is -2.29. The van der Waals surface area contributed by atoms with Crippen molar-refractivity contribution in [2.45, 2.75) is 13.8 Å². The molecule has 0 aliphatic heterocycles. The van der Waals surface area contributed by atoms with E-state index in [2.05, 4.69) is 6.07 Å². The minimum Gasteiger partial charge on any atom is -0.324 e. The number of nitrogens with zero attached hydrogens (tertiary/aromatic N) is 1. The van der Waals surface area contributed by atoms with Crippen molar-refractivity contribution in [2.24, 2.45) is 11.3 Å². The van der Waals surface area contributed by atoms with Crippen molar-refractivity contribution in [1.82, 2.24) is 0 Å². The zero-order valence-corrected chi connectivity index (χ0v) is 9.61. The Morgan fingerprint density at radius 2 is 2.27 bits per heavy atom. The van der Waals surface area contributed by atoms with E-state index in [1.807, 2.05) is 6.92 Å². The van der Waals surface area contributed by atoms with Crippen LogP contribution in [0, 0.1) is 22.7 Å². The van der Waals surface area contributed by atoms with E-state index in [0.717, 1.165) is 5.57 Å². The zero-order valence-electron chi connectivity index (χ0n) is 8.71. The van der Waals surface area contributed by atoms with E-state index in [9.17, 15) is 4.57 Å². The molecule has 1 aliphatic carbocycles. The highest BCUT2D eigenvalue weighted by Gasteiger charge is 2.36. The van der Waals surface area contributed by atoms with Gasteiger partial charge in [0.15, 0.2) is 0 Å². The third-order valence-electron chi connectivity index (χ3n) is 2.60. The Bertz CT molecular complexity index is 401. The molecule has 0 saturated heterocycles. The fourth-order valence-corrected chi connectivity index (χ4v) is 2.59. The molecule has 0 saturated carbocycles. The average Bonchev–Trinajstić information content (AvgIpc) is 2.09. The number of allylic oxidation sites excluding steroid dienone is 4. The minimum atomic E-state index is -4.08. The average molecular weight is 227 g/mol. The van der Waals surface area contributed by atoms with Crippen LogP contribution in [0.15, 0.2) is 23.8 Å². The van der Waals surface area contributed by atoms with Gasteiger partial charge in [-0.25, -0.2) is 0 Å². The second kappa shape index (κ2) is 3.94. The number of hydrogen-bond donors (Lipinski definition) is 2. The van der Waals surface area contributed by atoms with Gasteiger partial charge < -0.3 is 9.79 Å². The van der Waals surface area contributed by atoms with E-state index in [0.29, 0.717) is 0 Å². The van der Waals surface area contributed by atoms with Crippen molar-refractivity contribution in [2.75, 3.05) is 6.16 Å². The molecule has 0 aromatic rings. The van der Waals surface area contributed by atoms with Crippen molar-refractivity contribution >= 4 is 7.60 Å². The van der Waals surface area contributed by atoms with Crippen LogP contribution in [0.5, 0.6) is 0 Å². The van der Waals surface area contributed by atoms with Crippen LogP contribution in [0.25, 0.3) is 0 Å².